The number of amides is 2. The number of urea groups is 1. The van der Waals surface area contributed by atoms with Gasteiger partial charge in [0.25, 0.3) is 0 Å². The second-order valence-electron chi connectivity index (χ2n) is 4.45. The number of nitrogens with two attached hydrogens (primary N) is 1. The number of thiocarbonyl (C=S) groups is 1. The van der Waals surface area contributed by atoms with Gasteiger partial charge < -0.3 is 16.0 Å². The Kier molecular flexibility index (Phi) is 4.09. The molecule has 1 heterocycles. The third-order valence-electron chi connectivity index (χ3n) is 3.17. The Morgan fingerprint density at radius 1 is 1.31 bits per heavy atom. The molecule has 0 saturated carbocycles. The molecule has 1 aliphatic heterocycles. The molecule has 0 atom stereocenters. The minimum absolute atomic E-state index is 0.0206. The lowest BCUT2D eigenvalue weighted by atomic mass is 10.0. The molecule has 0 aliphatic carbocycles. The molecule has 1 saturated heterocycles. The van der Waals surface area contributed by atoms with E-state index in [2.05, 4.69) is 10.2 Å². The minimum Gasteiger partial charge on any atom is -0.392 e. The van der Waals surface area contributed by atoms with Gasteiger partial charge in [-0.2, -0.15) is 0 Å². The molecule has 1 aliphatic rings. The van der Waals surface area contributed by atoms with Crippen molar-refractivity contribution in [1.82, 2.24) is 15.1 Å². The Morgan fingerprint density at radius 2 is 1.81 bits per heavy atom. The van der Waals surface area contributed by atoms with E-state index in [1.165, 1.54) is 0 Å². The lowest BCUT2D eigenvalue weighted by molar-refractivity contribution is 0.0989. The highest BCUT2D eigenvalue weighted by Crippen LogP contribution is 2.17. The molecule has 0 bridgehead atoms. The molecular formula is C10H20N4OS. The highest BCUT2D eigenvalue weighted by atomic mass is 32.1. The van der Waals surface area contributed by atoms with Gasteiger partial charge in [0.1, 0.15) is 0 Å². The molecule has 3 N–H and O–H groups in total. The van der Waals surface area contributed by atoms with Crippen LogP contribution in [0.2, 0.25) is 0 Å². The van der Waals surface area contributed by atoms with Gasteiger partial charge in [0.05, 0.1) is 10.5 Å². The third kappa shape index (κ3) is 2.62. The molecule has 0 aromatic rings. The Bertz CT molecular complexity index is 285. The highest BCUT2D eigenvalue weighted by molar-refractivity contribution is 7.80. The number of nitrogens with one attached hydrogen (secondary N) is 1. The number of hydrogen-bond acceptors (Lipinski definition) is 3. The van der Waals surface area contributed by atoms with Crippen LogP contribution in [0.4, 0.5) is 4.79 Å². The van der Waals surface area contributed by atoms with Crippen LogP contribution in [0.3, 0.4) is 0 Å². The van der Waals surface area contributed by atoms with E-state index in [0.717, 1.165) is 13.1 Å². The van der Waals surface area contributed by atoms with Gasteiger partial charge in [-0.1, -0.05) is 12.2 Å². The van der Waals surface area contributed by atoms with Crippen LogP contribution >= 0.6 is 12.2 Å². The van der Waals surface area contributed by atoms with E-state index in [9.17, 15) is 4.79 Å². The maximum Gasteiger partial charge on any atom is 0.317 e. The van der Waals surface area contributed by atoms with Gasteiger partial charge in [-0.15, -0.1) is 0 Å². The zero-order valence-corrected chi connectivity index (χ0v) is 10.9. The molecular weight excluding hydrogens is 224 g/mol. The first kappa shape index (κ1) is 13.2. The van der Waals surface area contributed by atoms with Gasteiger partial charge in [0, 0.05) is 33.2 Å². The summed E-state index contributed by atoms with van der Waals surface area (Å²) in [5.41, 5.74) is 5.44. The van der Waals surface area contributed by atoms with Crippen LogP contribution in [0.1, 0.15) is 13.8 Å². The molecule has 6 heteroatoms. The van der Waals surface area contributed by atoms with Crippen molar-refractivity contribution in [3.8, 4) is 0 Å². The van der Waals surface area contributed by atoms with Crippen molar-refractivity contribution >= 4 is 23.2 Å². The summed E-state index contributed by atoms with van der Waals surface area (Å²) in [6.07, 6.45) is 0. The average Bonchev–Trinajstić information content (AvgIpc) is 2.28. The van der Waals surface area contributed by atoms with Gasteiger partial charge in [-0.3, -0.25) is 4.90 Å². The van der Waals surface area contributed by atoms with Gasteiger partial charge in [0.15, 0.2) is 0 Å². The summed E-state index contributed by atoms with van der Waals surface area (Å²) >= 11 is 5.06. The first-order valence-electron chi connectivity index (χ1n) is 5.41. The van der Waals surface area contributed by atoms with Gasteiger partial charge in [-0.05, 0) is 13.8 Å². The van der Waals surface area contributed by atoms with Crippen molar-refractivity contribution in [3.63, 3.8) is 0 Å². The predicted molar refractivity (Wildman–Crippen MR) is 68.5 cm³/mol. The second kappa shape index (κ2) is 4.97. The molecule has 0 unspecified atom stereocenters. The number of hydrogen-bond donors (Lipinski definition) is 2. The van der Waals surface area contributed by atoms with Gasteiger partial charge in [0.2, 0.25) is 0 Å². The predicted octanol–water partition coefficient (Wildman–Crippen LogP) is 0.00810. The minimum atomic E-state index is -0.274. The average molecular weight is 244 g/mol. The third-order valence-corrected chi connectivity index (χ3v) is 3.67. The van der Waals surface area contributed by atoms with Crippen LogP contribution in [-0.4, -0.2) is 59.6 Å². The van der Waals surface area contributed by atoms with Crippen LogP contribution in [0, 0.1) is 0 Å². The highest BCUT2D eigenvalue weighted by Gasteiger charge is 2.33. The van der Waals surface area contributed by atoms with Crippen LogP contribution in [-0.2, 0) is 0 Å². The van der Waals surface area contributed by atoms with Crippen molar-refractivity contribution < 1.29 is 4.79 Å². The molecule has 1 fully saturated rings. The summed E-state index contributed by atoms with van der Waals surface area (Å²) in [6.45, 7) is 7.07. The van der Waals surface area contributed by atoms with Crippen LogP contribution < -0.4 is 11.1 Å². The first-order valence-corrected chi connectivity index (χ1v) is 5.82. The summed E-state index contributed by atoms with van der Waals surface area (Å²) in [4.78, 5) is 15.9. The summed E-state index contributed by atoms with van der Waals surface area (Å²) in [5.74, 6) is 0. The summed E-state index contributed by atoms with van der Waals surface area (Å²) in [5, 5.41) is 2.63. The van der Waals surface area contributed by atoms with Crippen molar-refractivity contribution in [2.75, 3.05) is 33.2 Å². The van der Waals surface area contributed by atoms with E-state index in [4.69, 9.17) is 18.0 Å². The van der Waals surface area contributed by atoms with Crippen LogP contribution in [0.25, 0.3) is 0 Å². The Balaban J connectivity index is 2.55. The molecule has 5 nitrogen and oxygen atoms in total. The molecule has 0 radical (unpaired) electrons. The van der Waals surface area contributed by atoms with E-state index in [1.54, 1.807) is 11.9 Å². The fourth-order valence-electron chi connectivity index (χ4n) is 1.78. The Morgan fingerprint density at radius 3 is 2.19 bits per heavy atom. The number of carbonyl (C=O) groups excluding carboxylic acids is 1. The standard InChI is InChI=1S/C10H20N4OS/c1-10(2,8(11)16)14-6-4-13(5-7-14)9(15)12-3/h4-7H2,1-3H3,(H2,11,16)(H,12,15). The van der Waals surface area contributed by atoms with Crippen LogP contribution in [0.15, 0.2) is 0 Å². The number of carbonyl (C=O) groups is 1. The summed E-state index contributed by atoms with van der Waals surface area (Å²) < 4.78 is 0. The van der Waals surface area contributed by atoms with Crippen molar-refractivity contribution in [2.24, 2.45) is 5.73 Å². The molecule has 16 heavy (non-hydrogen) atoms. The monoisotopic (exact) mass is 244 g/mol. The van der Waals surface area contributed by atoms with Crippen molar-refractivity contribution in [3.05, 3.63) is 0 Å². The maximum absolute atomic E-state index is 11.4. The Hall–Kier alpha value is -0.880. The molecule has 0 aromatic carbocycles. The van der Waals surface area contributed by atoms with Gasteiger partial charge >= 0.3 is 6.03 Å². The molecule has 2 amide bonds. The normalized spacial score (nSPS) is 18.3. The van der Waals surface area contributed by atoms with Crippen LogP contribution in [0.5, 0.6) is 0 Å². The molecule has 92 valence electrons. The van der Waals surface area contributed by atoms with Crippen molar-refractivity contribution in [1.29, 1.82) is 0 Å². The lowest BCUT2D eigenvalue weighted by Crippen LogP contribution is -2.60. The SMILES string of the molecule is CNC(=O)N1CCN(C(C)(C)C(N)=S)CC1. The van der Waals surface area contributed by atoms with E-state index >= 15 is 0 Å². The zero-order chi connectivity index (χ0) is 12.3. The fourth-order valence-corrected chi connectivity index (χ4v) is 1.91. The fraction of sp³-hybridized carbons (Fsp3) is 0.800. The van der Waals surface area contributed by atoms with E-state index in [1.807, 2.05) is 13.8 Å². The zero-order valence-electron chi connectivity index (χ0n) is 10.1. The molecule has 0 aromatic heterocycles. The second-order valence-corrected chi connectivity index (χ2v) is 4.89. The maximum atomic E-state index is 11.4. The van der Waals surface area contributed by atoms with E-state index in [0.29, 0.717) is 18.1 Å². The van der Waals surface area contributed by atoms with E-state index < -0.39 is 0 Å². The summed E-state index contributed by atoms with van der Waals surface area (Å²) in [6, 6.07) is -0.0206. The molecule has 0 spiro atoms. The topological polar surface area (TPSA) is 61.6 Å². The smallest absolute Gasteiger partial charge is 0.317 e. The Labute approximate surface area is 102 Å². The number of nitrogens with zero attached hydrogens (tertiary/aromatic N) is 2. The van der Waals surface area contributed by atoms with Crippen molar-refractivity contribution in [2.45, 2.75) is 19.4 Å². The first-order chi connectivity index (χ1) is 7.39. The van der Waals surface area contributed by atoms with E-state index in [-0.39, 0.29) is 11.6 Å². The quantitative estimate of drug-likeness (QED) is 0.672. The number of rotatable bonds is 2. The largest absolute Gasteiger partial charge is 0.392 e. The lowest BCUT2D eigenvalue weighted by Gasteiger charge is -2.43. The molecule has 1 rings (SSSR count). The van der Waals surface area contributed by atoms with Gasteiger partial charge in [-0.25, -0.2) is 4.79 Å². The summed E-state index contributed by atoms with van der Waals surface area (Å²) in [7, 11) is 1.65. The number of piperazine rings is 1.